The minimum atomic E-state index is -2.94. The number of amides is 3. The Hall–Kier alpha value is -2.58. The van der Waals surface area contributed by atoms with Gasteiger partial charge in [0.15, 0.2) is 11.5 Å². The Morgan fingerprint density at radius 2 is 2.07 bits per heavy atom. The molecular weight excluding hydrogens is 360 g/mol. The molecule has 1 fully saturated rings. The molecule has 1 aromatic rings. The van der Waals surface area contributed by atoms with Crippen molar-refractivity contribution in [1.82, 2.24) is 15.5 Å². The Morgan fingerprint density at radius 1 is 1.30 bits per heavy atom. The van der Waals surface area contributed by atoms with Crippen LogP contribution in [0.3, 0.4) is 0 Å². The number of carbonyl (C=O) groups excluding carboxylic acids is 2. The van der Waals surface area contributed by atoms with E-state index in [4.69, 9.17) is 4.74 Å². The molecule has 2 N–H and O–H groups in total. The number of likely N-dealkylation sites (tertiary alicyclic amines) is 1. The summed E-state index contributed by atoms with van der Waals surface area (Å²) in [5.41, 5.74) is 0.680. The fourth-order valence-electron chi connectivity index (χ4n) is 3.00. The molecular formula is C18H25F2N3O4. The largest absolute Gasteiger partial charge is 0.493 e. The minimum absolute atomic E-state index is 0.0330. The van der Waals surface area contributed by atoms with Gasteiger partial charge in [0.05, 0.1) is 13.0 Å². The van der Waals surface area contributed by atoms with Gasteiger partial charge in [-0.2, -0.15) is 8.78 Å². The molecule has 1 aromatic carbocycles. The number of piperidine rings is 1. The number of nitrogens with zero attached hydrogens (tertiary/aromatic N) is 1. The maximum absolute atomic E-state index is 12.4. The predicted octanol–water partition coefficient (Wildman–Crippen LogP) is 2.35. The molecule has 3 amide bonds. The van der Waals surface area contributed by atoms with Crippen molar-refractivity contribution in [3.05, 3.63) is 23.8 Å². The molecule has 0 aromatic heterocycles. The van der Waals surface area contributed by atoms with Crippen LogP contribution >= 0.6 is 0 Å². The second-order valence-electron chi connectivity index (χ2n) is 6.20. The zero-order valence-electron chi connectivity index (χ0n) is 15.5. The topological polar surface area (TPSA) is 79.9 Å². The third-order valence-corrected chi connectivity index (χ3v) is 4.32. The SMILES string of the molecule is CCNC(=O)C1CCCN(C(=O)NCc2ccc(OC(F)F)c(OC)c2)C1. The summed E-state index contributed by atoms with van der Waals surface area (Å²) in [4.78, 5) is 26.0. The Morgan fingerprint density at radius 3 is 2.74 bits per heavy atom. The van der Waals surface area contributed by atoms with E-state index in [-0.39, 0.29) is 35.9 Å². The first kappa shape index (κ1) is 20.7. The van der Waals surface area contributed by atoms with Gasteiger partial charge in [0, 0.05) is 26.2 Å². The van der Waals surface area contributed by atoms with Crippen molar-refractivity contribution in [2.45, 2.75) is 32.9 Å². The molecule has 1 aliphatic heterocycles. The van der Waals surface area contributed by atoms with Crippen molar-refractivity contribution in [3.8, 4) is 11.5 Å². The first-order valence-electron chi connectivity index (χ1n) is 8.86. The lowest BCUT2D eigenvalue weighted by Gasteiger charge is -2.32. The number of hydrogen-bond donors (Lipinski definition) is 2. The van der Waals surface area contributed by atoms with E-state index in [2.05, 4.69) is 15.4 Å². The molecule has 1 unspecified atom stereocenters. The van der Waals surface area contributed by atoms with Gasteiger partial charge in [0.25, 0.3) is 0 Å². The summed E-state index contributed by atoms with van der Waals surface area (Å²) in [7, 11) is 1.35. The molecule has 0 radical (unpaired) electrons. The highest BCUT2D eigenvalue weighted by atomic mass is 19.3. The van der Waals surface area contributed by atoms with E-state index in [9.17, 15) is 18.4 Å². The van der Waals surface area contributed by atoms with Gasteiger partial charge in [-0.1, -0.05) is 6.07 Å². The van der Waals surface area contributed by atoms with E-state index < -0.39 is 6.61 Å². The quantitative estimate of drug-likeness (QED) is 0.755. The predicted molar refractivity (Wildman–Crippen MR) is 94.8 cm³/mol. The monoisotopic (exact) mass is 385 g/mol. The summed E-state index contributed by atoms with van der Waals surface area (Å²) < 4.78 is 34.2. The van der Waals surface area contributed by atoms with Gasteiger partial charge >= 0.3 is 12.6 Å². The Labute approximate surface area is 157 Å². The fourth-order valence-corrected chi connectivity index (χ4v) is 3.00. The Bertz CT molecular complexity index is 657. The second kappa shape index (κ2) is 9.94. The van der Waals surface area contributed by atoms with Gasteiger partial charge < -0.3 is 25.0 Å². The summed E-state index contributed by atoms with van der Waals surface area (Å²) in [6, 6.07) is 4.22. The summed E-state index contributed by atoms with van der Waals surface area (Å²) in [5, 5.41) is 5.57. The van der Waals surface area contributed by atoms with Crippen LogP contribution in [0.1, 0.15) is 25.3 Å². The molecule has 0 aliphatic carbocycles. The molecule has 27 heavy (non-hydrogen) atoms. The van der Waals surface area contributed by atoms with Crippen LogP contribution in [0, 0.1) is 5.92 Å². The van der Waals surface area contributed by atoms with Crippen molar-refractivity contribution in [2.24, 2.45) is 5.92 Å². The zero-order valence-corrected chi connectivity index (χ0v) is 15.5. The average molecular weight is 385 g/mol. The molecule has 1 saturated heterocycles. The lowest BCUT2D eigenvalue weighted by molar-refractivity contribution is -0.126. The summed E-state index contributed by atoms with van der Waals surface area (Å²) >= 11 is 0. The van der Waals surface area contributed by atoms with Crippen LogP contribution in [-0.2, 0) is 11.3 Å². The third kappa shape index (κ3) is 5.97. The summed E-state index contributed by atoms with van der Waals surface area (Å²) in [6.45, 7) is 0.647. The van der Waals surface area contributed by atoms with Crippen molar-refractivity contribution >= 4 is 11.9 Å². The van der Waals surface area contributed by atoms with Gasteiger partial charge in [-0.3, -0.25) is 4.79 Å². The molecule has 2 rings (SSSR count). The van der Waals surface area contributed by atoms with Gasteiger partial charge in [-0.25, -0.2) is 4.79 Å². The standard InChI is InChI=1S/C18H25F2N3O4/c1-3-21-16(24)13-5-4-8-23(11-13)18(25)22-10-12-6-7-14(27-17(19)20)15(9-12)26-2/h6-7,9,13,17H,3-5,8,10-11H2,1-2H3,(H,21,24)(H,22,25). The number of urea groups is 1. The number of halogens is 2. The Balaban J connectivity index is 1.92. The molecule has 1 atom stereocenters. The van der Waals surface area contributed by atoms with Gasteiger partial charge in [0.2, 0.25) is 5.91 Å². The fraction of sp³-hybridized carbons (Fsp3) is 0.556. The van der Waals surface area contributed by atoms with Crippen LogP contribution in [-0.4, -0.2) is 50.2 Å². The minimum Gasteiger partial charge on any atom is -0.493 e. The van der Waals surface area contributed by atoms with Crippen LogP contribution in [0.5, 0.6) is 11.5 Å². The van der Waals surface area contributed by atoms with Crippen LogP contribution in [0.4, 0.5) is 13.6 Å². The van der Waals surface area contributed by atoms with Gasteiger partial charge in [0.1, 0.15) is 0 Å². The molecule has 0 spiro atoms. The molecule has 7 nitrogen and oxygen atoms in total. The molecule has 0 saturated carbocycles. The van der Waals surface area contributed by atoms with Crippen LogP contribution < -0.4 is 20.1 Å². The first-order valence-corrected chi connectivity index (χ1v) is 8.86. The lowest BCUT2D eigenvalue weighted by Crippen LogP contribution is -2.48. The number of nitrogens with one attached hydrogen (secondary N) is 2. The van der Waals surface area contributed by atoms with E-state index >= 15 is 0 Å². The summed E-state index contributed by atoms with van der Waals surface area (Å²) in [6.07, 6.45) is 1.53. The highest BCUT2D eigenvalue weighted by Crippen LogP contribution is 2.29. The molecule has 9 heteroatoms. The average Bonchev–Trinajstić information content (AvgIpc) is 2.66. The number of benzene rings is 1. The number of alkyl halides is 2. The van der Waals surface area contributed by atoms with Crippen molar-refractivity contribution in [2.75, 3.05) is 26.7 Å². The van der Waals surface area contributed by atoms with Gasteiger partial charge in [-0.15, -0.1) is 0 Å². The van der Waals surface area contributed by atoms with Crippen LogP contribution in [0.2, 0.25) is 0 Å². The van der Waals surface area contributed by atoms with Crippen LogP contribution in [0.15, 0.2) is 18.2 Å². The van der Waals surface area contributed by atoms with Gasteiger partial charge in [-0.05, 0) is 37.5 Å². The molecule has 150 valence electrons. The highest BCUT2D eigenvalue weighted by Gasteiger charge is 2.28. The number of ether oxygens (including phenoxy) is 2. The smallest absolute Gasteiger partial charge is 0.387 e. The van der Waals surface area contributed by atoms with Crippen molar-refractivity contribution < 1.29 is 27.8 Å². The second-order valence-corrected chi connectivity index (χ2v) is 6.20. The van der Waals surface area contributed by atoms with E-state index in [0.717, 1.165) is 12.8 Å². The number of hydrogen-bond acceptors (Lipinski definition) is 4. The first-order chi connectivity index (χ1) is 12.9. The van der Waals surface area contributed by atoms with Crippen molar-refractivity contribution in [3.63, 3.8) is 0 Å². The number of rotatable bonds is 7. The Kier molecular flexibility index (Phi) is 7.63. The van der Waals surface area contributed by atoms with Crippen molar-refractivity contribution in [1.29, 1.82) is 0 Å². The lowest BCUT2D eigenvalue weighted by atomic mass is 9.97. The summed E-state index contributed by atoms with van der Waals surface area (Å²) in [5.74, 6) is -0.135. The van der Waals surface area contributed by atoms with E-state index in [1.54, 1.807) is 11.0 Å². The maximum Gasteiger partial charge on any atom is 0.387 e. The molecule has 1 heterocycles. The third-order valence-electron chi connectivity index (χ3n) is 4.32. The highest BCUT2D eigenvalue weighted by molar-refractivity contribution is 5.80. The zero-order chi connectivity index (χ0) is 19.8. The van der Waals surface area contributed by atoms with E-state index in [1.165, 1.54) is 19.2 Å². The van der Waals surface area contributed by atoms with Crippen LogP contribution in [0.25, 0.3) is 0 Å². The van der Waals surface area contributed by atoms with E-state index in [0.29, 0.717) is 25.2 Å². The number of carbonyl (C=O) groups is 2. The number of methoxy groups -OCH3 is 1. The van der Waals surface area contributed by atoms with E-state index in [1.807, 2.05) is 6.92 Å². The maximum atomic E-state index is 12.4. The molecule has 1 aliphatic rings. The molecule has 0 bridgehead atoms. The normalized spacial score (nSPS) is 16.8.